The van der Waals surface area contributed by atoms with Crippen LogP contribution < -0.4 is 11.1 Å². The second-order valence-electron chi connectivity index (χ2n) is 5.36. The van der Waals surface area contributed by atoms with Gasteiger partial charge in [-0.15, -0.1) is 24.8 Å². The number of piperidine rings is 1. The molecule has 0 atom stereocenters. The molecule has 1 amide bonds. The number of likely N-dealkylation sites (tertiary alicyclic amines) is 1. The Balaban J connectivity index is 0.00000200. The topological polar surface area (TPSA) is 58.4 Å². The van der Waals surface area contributed by atoms with Gasteiger partial charge in [-0.05, 0) is 57.1 Å². The number of carbonyl (C=O) groups is 1. The van der Waals surface area contributed by atoms with Crippen molar-refractivity contribution in [2.24, 2.45) is 5.92 Å². The van der Waals surface area contributed by atoms with E-state index in [9.17, 15) is 4.79 Å². The number of hydrogen-bond donors (Lipinski definition) is 2. The number of anilines is 1. The molecule has 2 rings (SSSR count). The van der Waals surface area contributed by atoms with Crippen molar-refractivity contribution < 1.29 is 4.79 Å². The van der Waals surface area contributed by atoms with Crippen molar-refractivity contribution in [1.29, 1.82) is 0 Å². The Morgan fingerprint density at radius 2 is 1.81 bits per heavy atom. The van der Waals surface area contributed by atoms with Crippen LogP contribution in [0, 0.1) is 5.92 Å². The van der Waals surface area contributed by atoms with E-state index in [4.69, 9.17) is 5.73 Å². The van der Waals surface area contributed by atoms with Gasteiger partial charge >= 0.3 is 0 Å². The predicted octanol–water partition coefficient (Wildman–Crippen LogP) is 2.11. The molecule has 3 N–H and O–H groups in total. The van der Waals surface area contributed by atoms with E-state index < -0.39 is 0 Å². The van der Waals surface area contributed by atoms with Crippen molar-refractivity contribution >= 4 is 36.4 Å². The molecule has 1 heterocycles. The van der Waals surface area contributed by atoms with Crippen LogP contribution >= 0.6 is 24.8 Å². The second kappa shape index (κ2) is 9.87. The van der Waals surface area contributed by atoms with E-state index in [0.717, 1.165) is 38.0 Å². The van der Waals surface area contributed by atoms with Crippen LogP contribution in [0.5, 0.6) is 0 Å². The number of nitrogens with zero attached hydrogens (tertiary/aromatic N) is 1. The third-order valence-electron chi connectivity index (χ3n) is 3.78. The van der Waals surface area contributed by atoms with Crippen molar-refractivity contribution in [2.75, 3.05) is 32.4 Å². The van der Waals surface area contributed by atoms with Gasteiger partial charge in [0.05, 0.1) is 0 Å². The molecule has 120 valence electrons. The standard InChI is InChI=1S/C15H23N3O.2ClH/c1-18-10-7-13(8-11-18)15(19)17-9-6-12-2-4-14(16)5-3-12;;/h2-5,13H,6-11,16H2,1H3,(H,17,19);2*1H. The van der Waals surface area contributed by atoms with Gasteiger partial charge in [-0.1, -0.05) is 12.1 Å². The first-order valence-electron chi connectivity index (χ1n) is 6.96. The highest BCUT2D eigenvalue weighted by molar-refractivity contribution is 5.85. The van der Waals surface area contributed by atoms with E-state index in [2.05, 4.69) is 17.3 Å². The zero-order chi connectivity index (χ0) is 13.7. The van der Waals surface area contributed by atoms with Crippen molar-refractivity contribution in [3.05, 3.63) is 29.8 Å². The van der Waals surface area contributed by atoms with Crippen LogP contribution in [-0.4, -0.2) is 37.5 Å². The average molecular weight is 334 g/mol. The highest BCUT2D eigenvalue weighted by Gasteiger charge is 2.22. The van der Waals surface area contributed by atoms with Gasteiger partial charge < -0.3 is 16.0 Å². The lowest BCUT2D eigenvalue weighted by atomic mass is 9.96. The van der Waals surface area contributed by atoms with Crippen LogP contribution in [0.15, 0.2) is 24.3 Å². The maximum absolute atomic E-state index is 12.0. The first-order chi connectivity index (χ1) is 9.15. The highest BCUT2D eigenvalue weighted by atomic mass is 35.5. The number of halogens is 2. The molecule has 0 saturated carbocycles. The van der Waals surface area contributed by atoms with Crippen molar-refractivity contribution in [1.82, 2.24) is 10.2 Å². The smallest absolute Gasteiger partial charge is 0.223 e. The number of rotatable bonds is 4. The SMILES string of the molecule is CN1CCC(C(=O)NCCc2ccc(N)cc2)CC1.Cl.Cl. The average Bonchev–Trinajstić information content (AvgIpc) is 2.41. The molecule has 0 aliphatic carbocycles. The van der Waals surface area contributed by atoms with E-state index >= 15 is 0 Å². The summed E-state index contributed by atoms with van der Waals surface area (Å²) < 4.78 is 0. The van der Waals surface area contributed by atoms with Gasteiger partial charge in [0, 0.05) is 18.2 Å². The summed E-state index contributed by atoms with van der Waals surface area (Å²) in [5.74, 6) is 0.408. The zero-order valence-electron chi connectivity index (χ0n) is 12.4. The zero-order valence-corrected chi connectivity index (χ0v) is 14.0. The van der Waals surface area contributed by atoms with Crippen molar-refractivity contribution in [3.8, 4) is 0 Å². The van der Waals surface area contributed by atoms with Gasteiger partial charge in [0.15, 0.2) is 0 Å². The maximum Gasteiger partial charge on any atom is 0.223 e. The van der Waals surface area contributed by atoms with Crippen molar-refractivity contribution in [2.45, 2.75) is 19.3 Å². The molecule has 0 radical (unpaired) electrons. The number of amides is 1. The first-order valence-corrected chi connectivity index (χ1v) is 6.96. The number of nitrogen functional groups attached to an aromatic ring is 1. The van der Waals surface area contributed by atoms with Crippen molar-refractivity contribution in [3.63, 3.8) is 0 Å². The monoisotopic (exact) mass is 333 g/mol. The van der Waals surface area contributed by atoms with E-state index in [0.29, 0.717) is 6.54 Å². The van der Waals surface area contributed by atoms with Gasteiger partial charge in [0.1, 0.15) is 0 Å². The molecule has 4 nitrogen and oxygen atoms in total. The molecule has 0 aromatic heterocycles. The maximum atomic E-state index is 12.0. The Morgan fingerprint density at radius 1 is 1.24 bits per heavy atom. The van der Waals surface area contributed by atoms with Crippen LogP contribution in [-0.2, 0) is 11.2 Å². The van der Waals surface area contributed by atoms with Gasteiger partial charge in [-0.2, -0.15) is 0 Å². The molecular formula is C15H25Cl2N3O. The van der Waals surface area contributed by atoms with E-state index in [1.807, 2.05) is 24.3 Å². The lowest BCUT2D eigenvalue weighted by Crippen LogP contribution is -2.39. The molecule has 1 fully saturated rings. The van der Waals surface area contributed by atoms with Crippen LogP contribution in [0.3, 0.4) is 0 Å². The second-order valence-corrected chi connectivity index (χ2v) is 5.36. The molecule has 1 saturated heterocycles. The minimum absolute atomic E-state index is 0. The van der Waals surface area contributed by atoms with Crippen LogP contribution in [0.25, 0.3) is 0 Å². The molecule has 0 bridgehead atoms. The van der Waals surface area contributed by atoms with Gasteiger partial charge in [-0.25, -0.2) is 0 Å². The van der Waals surface area contributed by atoms with Crippen LogP contribution in [0.4, 0.5) is 5.69 Å². The minimum atomic E-state index is 0. The van der Waals surface area contributed by atoms with Gasteiger partial charge in [0.25, 0.3) is 0 Å². The predicted molar refractivity (Wildman–Crippen MR) is 92.3 cm³/mol. The lowest BCUT2D eigenvalue weighted by molar-refractivity contribution is -0.126. The lowest BCUT2D eigenvalue weighted by Gasteiger charge is -2.28. The largest absolute Gasteiger partial charge is 0.399 e. The summed E-state index contributed by atoms with van der Waals surface area (Å²) >= 11 is 0. The Kier molecular flexibility index (Phi) is 9.42. The molecule has 1 aliphatic rings. The summed E-state index contributed by atoms with van der Waals surface area (Å²) in [7, 11) is 2.11. The molecule has 0 unspecified atom stereocenters. The number of nitrogens with two attached hydrogens (primary N) is 1. The van der Waals surface area contributed by atoms with Crippen LogP contribution in [0.1, 0.15) is 18.4 Å². The normalized spacial score (nSPS) is 15.7. The summed E-state index contributed by atoms with van der Waals surface area (Å²) in [6.07, 6.45) is 2.81. The molecule has 1 aliphatic heterocycles. The Bertz CT molecular complexity index is 417. The Morgan fingerprint density at radius 3 is 2.38 bits per heavy atom. The summed E-state index contributed by atoms with van der Waals surface area (Å²) in [5.41, 5.74) is 7.62. The van der Waals surface area contributed by atoms with E-state index in [-0.39, 0.29) is 36.6 Å². The molecular weight excluding hydrogens is 309 g/mol. The third kappa shape index (κ3) is 6.55. The van der Waals surface area contributed by atoms with Gasteiger partial charge in [0.2, 0.25) is 5.91 Å². The molecule has 6 heteroatoms. The number of carbonyl (C=O) groups excluding carboxylic acids is 1. The molecule has 1 aromatic rings. The summed E-state index contributed by atoms with van der Waals surface area (Å²) in [6.45, 7) is 2.75. The molecule has 1 aromatic carbocycles. The number of hydrogen-bond acceptors (Lipinski definition) is 3. The summed E-state index contributed by atoms with van der Waals surface area (Å²) in [4.78, 5) is 14.3. The molecule has 21 heavy (non-hydrogen) atoms. The fourth-order valence-electron chi connectivity index (χ4n) is 2.43. The van der Waals surface area contributed by atoms with E-state index in [1.54, 1.807) is 0 Å². The fourth-order valence-corrected chi connectivity index (χ4v) is 2.43. The fraction of sp³-hybridized carbons (Fsp3) is 0.533. The summed E-state index contributed by atoms with van der Waals surface area (Å²) in [6, 6.07) is 7.82. The number of benzene rings is 1. The summed E-state index contributed by atoms with van der Waals surface area (Å²) in [5, 5.41) is 3.04. The van der Waals surface area contributed by atoms with Crippen LogP contribution in [0.2, 0.25) is 0 Å². The quantitative estimate of drug-likeness (QED) is 0.829. The van der Waals surface area contributed by atoms with Gasteiger partial charge in [-0.3, -0.25) is 4.79 Å². The highest BCUT2D eigenvalue weighted by Crippen LogP contribution is 2.15. The first kappa shape index (κ1) is 20.0. The third-order valence-corrected chi connectivity index (χ3v) is 3.78. The number of nitrogens with one attached hydrogen (secondary N) is 1. The Hall–Kier alpha value is -0.970. The Labute approximate surface area is 139 Å². The van der Waals surface area contributed by atoms with E-state index in [1.165, 1.54) is 5.56 Å². The molecule has 0 spiro atoms. The minimum Gasteiger partial charge on any atom is -0.399 e.